The number of anilines is 7. The van der Waals surface area contributed by atoms with E-state index in [-0.39, 0.29) is 54.3 Å². The van der Waals surface area contributed by atoms with Crippen molar-refractivity contribution in [3.05, 3.63) is 404 Å². The van der Waals surface area contributed by atoms with Crippen LogP contribution in [0.25, 0.3) is 55.6 Å². The van der Waals surface area contributed by atoms with Crippen molar-refractivity contribution in [2.75, 3.05) is 19.6 Å². The van der Waals surface area contributed by atoms with Crippen LogP contribution in [0.2, 0.25) is 17.5 Å². The number of hydrogen-bond donors (Lipinski definition) is 0. The van der Waals surface area contributed by atoms with Crippen LogP contribution in [0.3, 0.4) is 0 Å². The summed E-state index contributed by atoms with van der Waals surface area (Å²) in [5, 5.41) is 0.0501. The van der Waals surface area contributed by atoms with E-state index in [4.69, 9.17) is 4.74 Å². The molecule has 0 amide bonds. The number of fused-ring (bicyclic) bond motifs is 8. The summed E-state index contributed by atoms with van der Waals surface area (Å²) in [7, 11) is 0. The van der Waals surface area contributed by atoms with Crippen LogP contribution in [0.1, 0.15) is 12.0 Å². The summed E-state index contributed by atoms with van der Waals surface area (Å²) in [6, 6.07) is 112. The predicted octanol–water partition coefficient (Wildman–Crippen LogP) is 23.0. The molecule has 8 aliphatic rings. The van der Waals surface area contributed by atoms with E-state index in [9.17, 15) is 0 Å². The molecule has 0 N–H and O–H groups in total. The second kappa shape index (κ2) is 26.4. The van der Waals surface area contributed by atoms with Crippen LogP contribution in [0.15, 0.2) is 404 Å². The van der Waals surface area contributed by atoms with Crippen LogP contribution in [-0.4, -0.2) is 36.8 Å². The lowest BCUT2D eigenvalue weighted by Gasteiger charge is -2.56. The monoisotopic (exact) mass is 1360 g/mol. The van der Waals surface area contributed by atoms with Gasteiger partial charge in [-0.2, -0.15) is 0 Å². The van der Waals surface area contributed by atoms with Gasteiger partial charge in [0.2, 0.25) is 6.71 Å². The third-order valence-electron chi connectivity index (χ3n) is 23.0. The van der Waals surface area contributed by atoms with E-state index in [1.54, 1.807) is 0 Å². The summed E-state index contributed by atoms with van der Waals surface area (Å²) >= 11 is 2.08. The molecule has 1 saturated heterocycles. The fourth-order valence-corrected chi connectivity index (χ4v) is 19.8. The fourth-order valence-electron chi connectivity index (χ4n) is 18.4. The first-order chi connectivity index (χ1) is 52.0. The molecule has 4 aliphatic carbocycles. The molecule has 8 heteroatoms. The lowest BCUT2D eigenvalue weighted by atomic mass is 9.24. The Hall–Kier alpha value is -12.0. The molecule has 4 heterocycles. The minimum atomic E-state index is -0.213. The third kappa shape index (κ3) is 11.0. The Kier molecular flexibility index (Phi) is 15.8. The van der Waals surface area contributed by atoms with Crippen LogP contribution in [0.4, 0.5) is 39.8 Å². The largest absolute Gasteiger partial charge is 0.463 e. The molecule has 500 valence electrons. The van der Waals surface area contributed by atoms with Gasteiger partial charge in [-0.15, -0.1) is 11.8 Å². The smallest absolute Gasteiger partial charge is 0.230 e. The second-order valence-corrected chi connectivity index (χ2v) is 30.1. The molecule has 0 bridgehead atoms. The molecule has 5 nitrogen and oxygen atoms in total. The summed E-state index contributed by atoms with van der Waals surface area (Å²) < 4.78 is 7.59. The normalized spacial score (nSPS) is 20.3. The lowest BCUT2D eigenvalue weighted by molar-refractivity contribution is 0.383. The molecule has 12 aromatic carbocycles. The molecule has 1 fully saturated rings. The van der Waals surface area contributed by atoms with Crippen LogP contribution >= 0.6 is 11.8 Å². The average Bonchev–Trinajstić information content (AvgIpc) is 0.695. The van der Waals surface area contributed by atoms with Gasteiger partial charge in [-0.05, 0) is 176 Å². The molecule has 4 aliphatic heterocycles. The number of allylic oxidation sites excluding steroid dienone is 7. The van der Waals surface area contributed by atoms with Gasteiger partial charge >= 0.3 is 0 Å². The van der Waals surface area contributed by atoms with Gasteiger partial charge in [-0.1, -0.05) is 297 Å². The molecule has 0 radical (unpaired) electrons. The van der Waals surface area contributed by atoms with Gasteiger partial charge in [0, 0.05) is 73.1 Å². The van der Waals surface area contributed by atoms with Crippen molar-refractivity contribution in [2.24, 2.45) is 0 Å². The van der Waals surface area contributed by atoms with Gasteiger partial charge in [0.05, 0.1) is 17.8 Å². The summed E-state index contributed by atoms with van der Waals surface area (Å²) in [5.41, 5.74) is 27.4. The van der Waals surface area contributed by atoms with Crippen molar-refractivity contribution in [1.29, 1.82) is 0 Å². The standard InChI is InChI=1S/C97H74B2N4OS/c1-65-27-24-44-82(72-36-16-6-17-37-72)97(65)103-88-64-93-86(63-85(88)99-84-46-21-23-48-91(84)104-92-61-80(59-89(103)95(92)99)100(76-53-49-70(50-54-76)66-28-8-2-9-29-66)78-42-25-38-73(57-78)68-32-12-4-13-33-68)98-83-45-20-22-47-87(83)102(75-40-18-7-19-41-75)90-60-81(62-94(105-93)96(90)98)101(77-55-51-71(52-56-77)67-30-10-3-11-31-67)79-43-26-39-74(58-79)69-34-14-5-15-35-69/h2-40,42-64,75,83,86-87,89,93,95H,41H2,1H3. The molecule has 105 heavy (non-hydrogen) atoms. The van der Waals surface area contributed by atoms with E-state index in [0.29, 0.717) is 0 Å². The molecule has 0 aromatic heterocycles. The van der Waals surface area contributed by atoms with Gasteiger partial charge in [0.1, 0.15) is 11.5 Å². The fraction of sp³-hybridized carbons (Fsp3) is 0.0928. The third-order valence-corrected chi connectivity index (χ3v) is 24.3. The Labute approximate surface area is 621 Å². The van der Waals surface area contributed by atoms with E-state index in [0.717, 1.165) is 57.6 Å². The zero-order valence-corrected chi connectivity index (χ0v) is 59.1. The maximum atomic E-state index is 7.59. The quantitative estimate of drug-likeness (QED) is 0.107. The Balaban J connectivity index is 0.811. The van der Waals surface area contributed by atoms with Crippen LogP contribution in [0.5, 0.6) is 5.75 Å². The van der Waals surface area contributed by atoms with Crippen LogP contribution in [0, 0.1) is 6.92 Å². The minimum absolute atomic E-state index is 0.0322. The molecule has 12 aromatic rings. The number of benzene rings is 12. The zero-order chi connectivity index (χ0) is 69.5. The maximum Gasteiger partial charge on any atom is 0.230 e. The Morgan fingerprint density at radius 2 is 0.990 bits per heavy atom. The van der Waals surface area contributed by atoms with E-state index in [1.807, 2.05) is 0 Å². The highest BCUT2D eigenvalue weighted by atomic mass is 32.2. The van der Waals surface area contributed by atoms with Crippen molar-refractivity contribution >= 4 is 75.9 Å². The van der Waals surface area contributed by atoms with E-state index >= 15 is 0 Å². The van der Waals surface area contributed by atoms with Crippen LogP contribution in [-0.2, 0) is 0 Å². The SMILES string of the molecule is Cc1cccc(-c2ccccc2)c1N1C2=CC3Sc4cc(N(c5ccc(-c6ccccc6)cc5)c5cccc(-c6ccccc6)c5)cc5c4B(C3C=C2B2c3ccccc3OC3=CC(N(c4ccc(-c6ccccc6)cc4)c4cccc(-c6ccccc6)c4)=CC1C23)C1C=CC=CC1N5C1C=CC=CC1. The molecule has 7 atom stereocenters. The molecular weight excluding hydrogens is 1290 g/mol. The first-order valence-electron chi connectivity index (χ1n) is 37.1. The van der Waals surface area contributed by atoms with Gasteiger partial charge < -0.3 is 24.3 Å². The topological polar surface area (TPSA) is 22.2 Å². The number of thioether (sulfide) groups is 1. The second-order valence-electron chi connectivity index (χ2n) is 28.9. The average molecular weight is 1370 g/mol. The van der Waals surface area contributed by atoms with Gasteiger partial charge in [0.25, 0.3) is 0 Å². The number of nitrogens with zero attached hydrogens (tertiary/aromatic N) is 4. The van der Waals surface area contributed by atoms with Gasteiger partial charge in [-0.3, -0.25) is 0 Å². The number of hydrogen-bond acceptors (Lipinski definition) is 6. The number of ether oxygens (including phenoxy) is 1. The van der Waals surface area contributed by atoms with Crippen LogP contribution < -0.4 is 35.3 Å². The summed E-state index contributed by atoms with van der Waals surface area (Å²) in [6.07, 6.45) is 30.6. The van der Waals surface area contributed by atoms with Gasteiger partial charge in [0.15, 0.2) is 6.71 Å². The van der Waals surface area contributed by atoms with E-state index < -0.39 is 0 Å². The minimum Gasteiger partial charge on any atom is -0.463 e. The van der Waals surface area contributed by atoms with Crippen molar-refractivity contribution in [1.82, 2.24) is 0 Å². The maximum absolute atomic E-state index is 7.59. The Morgan fingerprint density at radius 1 is 0.438 bits per heavy atom. The Bertz CT molecular complexity index is 5620. The van der Waals surface area contributed by atoms with Crippen molar-refractivity contribution in [3.8, 4) is 61.4 Å². The predicted molar refractivity (Wildman–Crippen MR) is 443 cm³/mol. The molecule has 20 rings (SSSR count). The van der Waals surface area contributed by atoms with Crippen molar-refractivity contribution in [2.45, 2.75) is 59.1 Å². The summed E-state index contributed by atoms with van der Waals surface area (Å²) in [6.45, 7) is 2.44. The highest BCUT2D eigenvalue weighted by molar-refractivity contribution is 8.00. The zero-order valence-electron chi connectivity index (χ0n) is 58.3. The first-order valence-corrected chi connectivity index (χ1v) is 38.0. The molecule has 0 spiro atoms. The number of aryl methyl sites for hydroxylation is 1. The summed E-state index contributed by atoms with van der Waals surface area (Å²) in [4.78, 5) is 11.9. The van der Waals surface area contributed by atoms with Crippen molar-refractivity contribution < 1.29 is 4.74 Å². The highest BCUT2D eigenvalue weighted by Gasteiger charge is 2.58. The molecular formula is C97H74B2N4OS. The van der Waals surface area contributed by atoms with E-state index in [1.165, 1.54) is 94.0 Å². The molecule has 0 saturated carbocycles. The van der Waals surface area contributed by atoms with Gasteiger partial charge in [-0.25, -0.2) is 0 Å². The Morgan fingerprint density at radius 3 is 1.63 bits per heavy atom. The lowest BCUT2D eigenvalue weighted by Crippen LogP contribution is -2.63. The summed E-state index contributed by atoms with van der Waals surface area (Å²) in [5.74, 6) is 2.12. The molecule has 7 unspecified atom stereocenters. The highest BCUT2D eigenvalue weighted by Crippen LogP contribution is 2.60. The number of para-hydroxylation sites is 2. The van der Waals surface area contributed by atoms with Crippen molar-refractivity contribution in [3.63, 3.8) is 0 Å². The van der Waals surface area contributed by atoms with E-state index in [2.05, 4.69) is 415 Å². The first kappa shape index (κ1) is 62.8. The number of rotatable bonds is 13.